The second-order valence-corrected chi connectivity index (χ2v) is 3.31. The van der Waals surface area contributed by atoms with Crippen LogP contribution in [0.25, 0.3) is 0 Å². The molecular weight excluding hydrogens is 182 g/mol. The van der Waals surface area contributed by atoms with Gasteiger partial charge in [-0.3, -0.25) is 10.1 Å². The summed E-state index contributed by atoms with van der Waals surface area (Å²) in [6, 6.07) is 5.12. The van der Waals surface area contributed by atoms with Gasteiger partial charge in [0.05, 0.1) is 12.0 Å². The number of para-hydroxylation sites is 1. The zero-order chi connectivity index (χ0) is 10.7. The molecule has 0 aromatic heterocycles. The summed E-state index contributed by atoms with van der Waals surface area (Å²) in [4.78, 5) is 10.4. The van der Waals surface area contributed by atoms with Crippen LogP contribution in [-0.2, 0) is 0 Å². The normalized spacial score (nSPS) is 10.3. The van der Waals surface area contributed by atoms with E-state index in [4.69, 9.17) is 4.74 Å². The minimum Gasteiger partial charge on any atom is -0.490 e. The molecule has 0 fully saturated rings. The Morgan fingerprint density at radius 2 is 2.07 bits per heavy atom. The van der Waals surface area contributed by atoms with E-state index in [1.54, 1.807) is 18.2 Å². The van der Waals surface area contributed by atoms with E-state index in [2.05, 4.69) is 0 Å². The van der Waals surface area contributed by atoms with Crippen molar-refractivity contribution in [1.29, 1.82) is 0 Å². The van der Waals surface area contributed by atoms with E-state index in [0.29, 0.717) is 11.3 Å². The van der Waals surface area contributed by atoms with E-state index in [0.717, 1.165) is 0 Å². The van der Waals surface area contributed by atoms with Gasteiger partial charge in [0, 0.05) is 5.56 Å². The van der Waals surface area contributed by atoms with Gasteiger partial charge < -0.3 is 4.74 Å². The highest BCUT2D eigenvalue weighted by molar-refractivity contribution is 5.53. The smallest absolute Gasteiger partial charge is 0.314 e. The van der Waals surface area contributed by atoms with Crippen molar-refractivity contribution in [2.45, 2.75) is 19.8 Å². The van der Waals surface area contributed by atoms with E-state index in [-0.39, 0.29) is 11.6 Å². The Kier molecular flexibility index (Phi) is 3.06. The first kappa shape index (κ1) is 10.5. The van der Waals surface area contributed by atoms with Crippen LogP contribution in [0, 0.1) is 10.1 Å². The lowest BCUT2D eigenvalue weighted by molar-refractivity contribution is -0.386. The number of nitrogens with zero attached hydrogens (tertiary/aromatic N) is 1. The standard InChI is InChI=1S/C10H13NO3/c1-7(2)8-5-4-6-9(14-3)10(8)11(12)13/h4-7H,1-3H3. The largest absolute Gasteiger partial charge is 0.490 e. The molecule has 0 heterocycles. The molecule has 0 bridgehead atoms. The molecule has 1 rings (SSSR count). The average Bonchev–Trinajstić information content (AvgIpc) is 2.16. The summed E-state index contributed by atoms with van der Waals surface area (Å²) in [6.07, 6.45) is 0. The highest BCUT2D eigenvalue weighted by atomic mass is 16.6. The molecule has 0 radical (unpaired) electrons. The van der Waals surface area contributed by atoms with Crippen LogP contribution in [0.1, 0.15) is 25.3 Å². The molecule has 0 aliphatic rings. The fraction of sp³-hybridized carbons (Fsp3) is 0.400. The van der Waals surface area contributed by atoms with Crippen LogP contribution in [0.15, 0.2) is 18.2 Å². The molecule has 0 saturated carbocycles. The van der Waals surface area contributed by atoms with Crippen LogP contribution in [0.4, 0.5) is 5.69 Å². The van der Waals surface area contributed by atoms with Gasteiger partial charge in [-0.25, -0.2) is 0 Å². The molecule has 1 aromatic carbocycles. The molecule has 0 unspecified atom stereocenters. The summed E-state index contributed by atoms with van der Waals surface area (Å²) in [7, 11) is 1.44. The molecule has 4 nitrogen and oxygen atoms in total. The molecule has 14 heavy (non-hydrogen) atoms. The van der Waals surface area contributed by atoms with Crippen molar-refractivity contribution < 1.29 is 9.66 Å². The van der Waals surface area contributed by atoms with Crippen molar-refractivity contribution in [2.24, 2.45) is 0 Å². The van der Waals surface area contributed by atoms with Gasteiger partial charge in [0.15, 0.2) is 5.75 Å². The number of nitro benzene ring substituents is 1. The van der Waals surface area contributed by atoms with Gasteiger partial charge >= 0.3 is 5.69 Å². The number of benzene rings is 1. The molecule has 0 amide bonds. The van der Waals surface area contributed by atoms with Crippen LogP contribution in [0.5, 0.6) is 5.75 Å². The second kappa shape index (κ2) is 4.09. The fourth-order valence-electron chi connectivity index (χ4n) is 1.37. The Morgan fingerprint density at radius 1 is 1.43 bits per heavy atom. The molecule has 0 aliphatic heterocycles. The maximum atomic E-state index is 10.8. The van der Waals surface area contributed by atoms with Crippen LogP contribution >= 0.6 is 0 Å². The van der Waals surface area contributed by atoms with E-state index in [9.17, 15) is 10.1 Å². The van der Waals surface area contributed by atoms with Crippen LogP contribution in [0.2, 0.25) is 0 Å². The van der Waals surface area contributed by atoms with E-state index in [1.807, 2.05) is 13.8 Å². The average molecular weight is 195 g/mol. The van der Waals surface area contributed by atoms with Crippen molar-refractivity contribution in [3.8, 4) is 5.75 Å². The summed E-state index contributed by atoms with van der Waals surface area (Å²) >= 11 is 0. The van der Waals surface area contributed by atoms with Crippen molar-refractivity contribution in [3.63, 3.8) is 0 Å². The monoisotopic (exact) mass is 195 g/mol. The van der Waals surface area contributed by atoms with Gasteiger partial charge in [0.2, 0.25) is 0 Å². The summed E-state index contributed by atoms with van der Waals surface area (Å²) in [5.74, 6) is 0.437. The van der Waals surface area contributed by atoms with Crippen molar-refractivity contribution in [3.05, 3.63) is 33.9 Å². The Balaban J connectivity index is 3.35. The summed E-state index contributed by atoms with van der Waals surface area (Å²) in [6.45, 7) is 3.84. The van der Waals surface area contributed by atoms with Crippen LogP contribution < -0.4 is 4.74 Å². The summed E-state index contributed by atoms with van der Waals surface area (Å²) < 4.78 is 4.96. The zero-order valence-electron chi connectivity index (χ0n) is 8.48. The van der Waals surface area contributed by atoms with Crippen molar-refractivity contribution >= 4 is 5.69 Å². The third-order valence-corrected chi connectivity index (χ3v) is 2.05. The van der Waals surface area contributed by atoms with Gasteiger partial charge in [0.25, 0.3) is 0 Å². The predicted octanol–water partition coefficient (Wildman–Crippen LogP) is 2.73. The Hall–Kier alpha value is -1.58. The molecule has 4 heteroatoms. The van der Waals surface area contributed by atoms with Gasteiger partial charge in [-0.1, -0.05) is 26.0 Å². The molecule has 0 N–H and O–H groups in total. The first-order chi connectivity index (χ1) is 6.57. The highest BCUT2D eigenvalue weighted by Gasteiger charge is 2.21. The Bertz CT molecular complexity index is 347. The molecule has 0 spiro atoms. The minimum atomic E-state index is -0.395. The quantitative estimate of drug-likeness (QED) is 0.550. The van der Waals surface area contributed by atoms with Crippen LogP contribution in [0.3, 0.4) is 0 Å². The Morgan fingerprint density at radius 3 is 2.50 bits per heavy atom. The minimum absolute atomic E-state index is 0.0741. The van der Waals surface area contributed by atoms with Crippen molar-refractivity contribution in [2.75, 3.05) is 7.11 Å². The number of hydrogen-bond donors (Lipinski definition) is 0. The zero-order valence-corrected chi connectivity index (χ0v) is 8.48. The first-order valence-corrected chi connectivity index (χ1v) is 4.39. The molecule has 76 valence electrons. The van der Waals surface area contributed by atoms with E-state index >= 15 is 0 Å². The first-order valence-electron chi connectivity index (χ1n) is 4.39. The lowest BCUT2D eigenvalue weighted by atomic mass is 10.0. The third-order valence-electron chi connectivity index (χ3n) is 2.05. The number of nitro groups is 1. The maximum absolute atomic E-state index is 10.8. The summed E-state index contributed by atoms with van der Waals surface area (Å²) in [5.41, 5.74) is 0.777. The fourth-order valence-corrected chi connectivity index (χ4v) is 1.37. The number of hydrogen-bond acceptors (Lipinski definition) is 3. The molecule has 1 aromatic rings. The maximum Gasteiger partial charge on any atom is 0.314 e. The van der Waals surface area contributed by atoms with Crippen molar-refractivity contribution in [1.82, 2.24) is 0 Å². The molecule has 0 saturated heterocycles. The third kappa shape index (κ3) is 1.84. The van der Waals surface area contributed by atoms with Crippen LogP contribution in [-0.4, -0.2) is 12.0 Å². The second-order valence-electron chi connectivity index (χ2n) is 3.31. The Labute approximate surface area is 82.7 Å². The van der Waals surface area contributed by atoms with Gasteiger partial charge in [-0.05, 0) is 12.0 Å². The van der Waals surface area contributed by atoms with Gasteiger partial charge in [-0.15, -0.1) is 0 Å². The molecular formula is C10H13NO3. The van der Waals surface area contributed by atoms with E-state index in [1.165, 1.54) is 7.11 Å². The van der Waals surface area contributed by atoms with Gasteiger partial charge in [-0.2, -0.15) is 0 Å². The lowest BCUT2D eigenvalue weighted by Crippen LogP contribution is -2.00. The predicted molar refractivity (Wildman–Crippen MR) is 53.7 cm³/mol. The lowest BCUT2D eigenvalue weighted by Gasteiger charge is -2.08. The molecule has 0 aliphatic carbocycles. The van der Waals surface area contributed by atoms with E-state index < -0.39 is 4.92 Å². The number of methoxy groups -OCH3 is 1. The molecule has 0 atom stereocenters. The topological polar surface area (TPSA) is 52.4 Å². The van der Waals surface area contributed by atoms with Gasteiger partial charge in [0.1, 0.15) is 0 Å². The SMILES string of the molecule is COc1cccc(C(C)C)c1[N+](=O)[O-]. The highest BCUT2D eigenvalue weighted by Crippen LogP contribution is 2.34. The number of ether oxygens (including phenoxy) is 1. The number of rotatable bonds is 3. The summed E-state index contributed by atoms with van der Waals surface area (Å²) in [5, 5.41) is 10.8.